The molecule has 156 valence electrons. The van der Waals surface area contributed by atoms with Crippen LogP contribution in [0, 0.1) is 0 Å². The molecule has 29 heavy (non-hydrogen) atoms. The highest BCUT2D eigenvalue weighted by molar-refractivity contribution is 5.59. The molecular formula is C17H16F5N5O2. The van der Waals surface area contributed by atoms with Crippen molar-refractivity contribution in [3.05, 3.63) is 36.5 Å². The summed E-state index contributed by atoms with van der Waals surface area (Å²) in [6.45, 7) is 2.53. The molecule has 0 amide bonds. The summed E-state index contributed by atoms with van der Waals surface area (Å²) in [5.41, 5.74) is 0.679. The van der Waals surface area contributed by atoms with Crippen molar-refractivity contribution in [2.75, 3.05) is 6.61 Å². The Labute approximate surface area is 161 Å². The van der Waals surface area contributed by atoms with Gasteiger partial charge in [0.1, 0.15) is 0 Å². The van der Waals surface area contributed by atoms with E-state index in [4.69, 9.17) is 4.74 Å². The van der Waals surface area contributed by atoms with Crippen LogP contribution in [0.5, 0.6) is 5.88 Å². The third-order valence-corrected chi connectivity index (χ3v) is 3.91. The van der Waals surface area contributed by atoms with E-state index in [1.165, 1.54) is 44.6 Å². The van der Waals surface area contributed by atoms with Crippen LogP contribution in [0.3, 0.4) is 0 Å². The van der Waals surface area contributed by atoms with E-state index in [9.17, 15) is 22.0 Å². The molecule has 3 rings (SSSR count). The van der Waals surface area contributed by atoms with Crippen LogP contribution in [0.1, 0.15) is 26.1 Å². The molecule has 0 saturated heterocycles. The van der Waals surface area contributed by atoms with E-state index in [2.05, 4.69) is 24.9 Å². The molecule has 0 aliphatic heterocycles. The third kappa shape index (κ3) is 4.42. The van der Waals surface area contributed by atoms with Crippen LogP contribution in [-0.4, -0.2) is 43.5 Å². The predicted molar refractivity (Wildman–Crippen MR) is 90.3 cm³/mol. The fourth-order valence-electron chi connectivity index (χ4n) is 2.52. The number of rotatable bonds is 7. The molecule has 1 unspecified atom stereocenters. The summed E-state index contributed by atoms with van der Waals surface area (Å²) in [4.78, 5) is 7.94. The molecule has 0 bridgehead atoms. The maximum absolute atomic E-state index is 14.1. The molecule has 0 aliphatic carbocycles. The Morgan fingerprint density at radius 1 is 1.03 bits per heavy atom. The maximum Gasteiger partial charge on any atom is 0.425 e. The van der Waals surface area contributed by atoms with Gasteiger partial charge in [-0.2, -0.15) is 22.0 Å². The standard InChI is InChI=1S/C17H16F5N5O2/c1-3-12(16(18,19)20)29-14-6-5-10(7-24-14)11-9-27-13(8-23-11)25-26-15(27)17(21,22)28-4-2/h5-9,12H,3-4H2,1-2H3. The van der Waals surface area contributed by atoms with Gasteiger partial charge >= 0.3 is 12.3 Å². The van der Waals surface area contributed by atoms with Crippen LogP contribution in [-0.2, 0) is 10.8 Å². The first-order chi connectivity index (χ1) is 13.7. The highest BCUT2D eigenvalue weighted by Crippen LogP contribution is 2.30. The number of alkyl halides is 5. The zero-order valence-corrected chi connectivity index (χ0v) is 15.3. The van der Waals surface area contributed by atoms with Gasteiger partial charge in [0.2, 0.25) is 11.7 Å². The summed E-state index contributed by atoms with van der Waals surface area (Å²) in [7, 11) is 0. The van der Waals surface area contributed by atoms with Crippen molar-refractivity contribution in [2.45, 2.75) is 38.7 Å². The molecular weight excluding hydrogens is 401 g/mol. The van der Waals surface area contributed by atoms with Crippen molar-refractivity contribution in [2.24, 2.45) is 0 Å². The van der Waals surface area contributed by atoms with Crippen molar-refractivity contribution >= 4 is 5.65 Å². The minimum absolute atomic E-state index is 0.0759. The van der Waals surface area contributed by atoms with Gasteiger partial charge in [-0.25, -0.2) is 4.98 Å². The SMILES string of the molecule is CCOC(F)(F)c1nnc2cnc(-c3ccc(OC(CC)C(F)(F)F)nc3)cn12. The molecule has 0 radical (unpaired) electrons. The molecule has 3 heterocycles. The number of halogens is 5. The van der Waals surface area contributed by atoms with E-state index in [-0.39, 0.29) is 30.2 Å². The Bertz CT molecular complexity index is 974. The third-order valence-electron chi connectivity index (χ3n) is 3.91. The minimum Gasteiger partial charge on any atom is -0.465 e. The quantitative estimate of drug-likeness (QED) is 0.541. The summed E-state index contributed by atoms with van der Waals surface area (Å²) in [6.07, 6.45) is -6.69. The van der Waals surface area contributed by atoms with Gasteiger partial charge < -0.3 is 9.47 Å². The highest BCUT2D eigenvalue weighted by Gasteiger charge is 2.41. The van der Waals surface area contributed by atoms with Crippen LogP contribution in [0.15, 0.2) is 30.7 Å². The van der Waals surface area contributed by atoms with Gasteiger partial charge in [0, 0.05) is 24.0 Å². The first-order valence-corrected chi connectivity index (χ1v) is 8.58. The first-order valence-electron chi connectivity index (χ1n) is 8.58. The van der Waals surface area contributed by atoms with E-state index in [1.807, 2.05) is 0 Å². The molecule has 7 nitrogen and oxygen atoms in total. The number of aromatic nitrogens is 5. The lowest BCUT2D eigenvalue weighted by molar-refractivity contribution is -0.251. The number of pyridine rings is 1. The van der Waals surface area contributed by atoms with Crippen molar-refractivity contribution < 1.29 is 31.4 Å². The first kappa shape index (κ1) is 20.8. The number of hydrogen-bond donors (Lipinski definition) is 0. The van der Waals surface area contributed by atoms with Crippen LogP contribution in [0.2, 0.25) is 0 Å². The Balaban J connectivity index is 1.89. The summed E-state index contributed by atoms with van der Waals surface area (Å²) in [5.74, 6) is -0.936. The monoisotopic (exact) mass is 417 g/mol. The average Bonchev–Trinajstić information content (AvgIpc) is 3.09. The summed E-state index contributed by atoms with van der Waals surface area (Å²) < 4.78 is 76.9. The van der Waals surface area contributed by atoms with E-state index in [1.54, 1.807) is 0 Å². The second-order valence-corrected chi connectivity index (χ2v) is 5.92. The van der Waals surface area contributed by atoms with Gasteiger partial charge in [-0.1, -0.05) is 6.92 Å². The molecule has 1 atom stereocenters. The molecule has 3 aromatic heterocycles. The van der Waals surface area contributed by atoms with E-state index in [0.717, 1.165) is 4.40 Å². The highest BCUT2D eigenvalue weighted by atomic mass is 19.4. The molecule has 0 aromatic carbocycles. The molecule has 0 spiro atoms. The fourth-order valence-corrected chi connectivity index (χ4v) is 2.52. The fraction of sp³-hybridized carbons (Fsp3) is 0.412. The van der Waals surface area contributed by atoms with Crippen LogP contribution >= 0.6 is 0 Å². The smallest absolute Gasteiger partial charge is 0.425 e. The second kappa shape index (κ2) is 7.85. The lowest BCUT2D eigenvalue weighted by atomic mass is 10.2. The van der Waals surface area contributed by atoms with Crippen molar-refractivity contribution in [3.63, 3.8) is 0 Å². The van der Waals surface area contributed by atoms with Crippen molar-refractivity contribution in [1.82, 2.24) is 24.6 Å². The lowest BCUT2D eigenvalue weighted by Gasteiger charge is -2.19. The summed E-state index contributed by atoms with van der Waals surface area (Å²) in [6, 6.07) is 2.67. The molecule has 12 heteroatoms. The van der Waals surface area contributed by atoms with Crippen molar-refractivity contribution in [3.8, 4) is 17.1 Å². The number of nitrogens with zero attached hydrogens (tertiary/aromatic N) is 5. The zero-order valence-electron chi connectivity index (χ0n) is 15.3. The van der Waals surface area contributed by atoms with Gasteiger partial charge in [-0.05, 0) is 19.4 Å². The van der Waals surface area contributed by atoms with Gasteiger partial charge in [0.15, 0.2) is 11.8 Å². The summed E-state index contributed by atoms with van der Waals surface area (Å²) in [5, 5.41) is 7.08. The van der Waals surface area contributed by atoms with Gasteiger partial charge in [-0.15, -0.1) is 10.2 Å². The molecule has 0 fully saturated rings. The topological polar surface area (TPSA) is 74.4 Å². The van der Waals surface area contributed by atoms with Crippen LogP contribution in [0.25, 0.3) is 16.9 Å². The minimum atomic E-state index is -4.52. The van der Waals surface area contributed by atoms with Crippen LogP contribution in [0.4, 0.5) is 22.0 Å². The Morgan fingerprint density at radius 2 is 1.79 bits per heavy atom. The Morgan fingerprint density at radius 3 is 2.38 bits per heavy atom. The largest absolute Gasteiger partial charge is 0.465 e. The maximum atomic E-state index is 14.1. The van der Waals surface area contributed by atoms with E-state index >= 15 is 0 Å². The van der Waals surface area contributed by atoms with E-state index < -0.39 is 24.2 Å². The lowest BCUT2D eigenvalue weighted by Crippen LogP contribution is -2.33. The van der Waals surface area contributed by atoms with Gasteiger partial charge in [0.25, 0.3) is 0 Å². The molecule has 0 saturated carbocycles. The van der Waals surface area contributed by atoms with Crippen LogP contribution < -0.4 is 4.74 Å². The predicted octanol–water partition coefficient (Wildman–Crippen LogP) is 3.99. The van der Waals surface area contributed by atoms with Crippen molar-refractivity contribution in [1.29, 1.82) is 0 Å². The molecule has 0 aliphatic rings. The Hall–Kier alpha value is -2.89. The molecule has 3 aromatic rings. The van der Waals surface area contributed by atoms with E-state index in [0.29, 0.717) is 5.56 Å². The normalized spacial score (nSPS) is 13.6. The average molecular weight is 417 g/mol. The number of ether oxygens (including phenoxy) is 2. The molecule has 0 N–H and O–H groups in total. The number of fused-ring (bicyclic) bond motifs is 1. The summed E-state index contributed by atoms with van der Waals surface area (Å²) >= 11 is 0. The van der Waals surface area contributed by atoms with Gasteiger partial charge in [-0.3, -0.25) is 9.38 Å². The van der Waals surface area contributed by atoms with Gasteiger partial charge in [0.05, 0.1) is 18.5 Å². The number of hydrogen-bond acceptors (Lipinski definition) is 6. The Kier molecular flexibility index (Phi) is 5.64. The second-order valence-electron chi connectivity index (χ2n) is 5.92. The zero-order chi connectivity index (χ0) is 21.2.